The third-order valence-electron chi connectivity index (χ3n) is 5.07. The summed E-state index contributed by atoms with van der Waals surface area (Å²) >= 11 is 0. The van der Waals surface area contributed by atoms with Crippen molar-refractivity contribution in [3.05, 3.63) is 35.9 Å². The average Bonchev–Trinajstić information content (AvgIpc) is 2.56. The van der Waals surface area contributed by atoms with Crippen molar-refractivity contribution in [2.75, 3.05) is 20.6 Å². The fourth-order valence-electron chi connectivity index (χ4n) is 3.54. The molecule has 0 bridgehead atoms. The van der Waals surface area contributed by atoms with E-state index in [0.717, 1.165) is 11.0 Å². The van der Waals surface area contributed by atoms with E-state index in [1.807, 2.05) is 0 Å². The van der Waals surface area contributed by atoms with Crippen molar-refractivity contribution in [3.8, 4) is 0 Å². The minimum absolute atomic E-state index is 0. The first-order valence-corrected chi connectivity index (χ1v) is 10.5. The fraction of sp³-hybridized carbons (Fsp3) is 0.739. The first kappa shape index (κ1) is 28.7. The van der Waals surface area contributed by atoms with Gasteiger partial charge in [0, 0.05) is 5.56 Å². The molecule has 1 aromatic carbocycles. The second-order valence-corrected chi connectivity index (χ2v) is 8.19. The number of hydrogen-bond donors (Lipinski definition) is 0. The van der Waals surface area contributed by atoms with E-state index in [9.17, 15) is 0 Å². The van der Waals surface area contributed by atoms with Crippen LogP contribution < -0.4 is 29.6 Å². The summed E-state index contributed by atoms with van der Waals surface area (Å²) in [5.74, 6) is 0. The molecule has 1 rings (SSSR count). The SMILES string of the molecule is CCCCCCCCCCCCCC[N+](C)(C)Cc1ccccc1.Cl.[Na+]. The van der Waals surface area contributed by atoms with Crippen LogP contribution in [0, 0.1) is 0 Å². The second-order valence-electron chi connectivity index (χ2n) is 8.19. The maximum atomic E-state index is 2.37. The van der Waals surface area contributed by atoms with Crippen molar-refractivity contribution in [3.63, 3.8) is 0 Å². The Morgan fingerprint density at radius 2 is 1.08 bits per heavy atom. The van der Waals surface area contributed by atoms with Gasteiger partial charge >= 0.3 is 29.6 Å². The van der Waals surface area contributed by atoms with Gasteiger partial charge in [-0.1, -0.05) is 101 Å². The third kappa shape index (κ3) is 16.6. The number of benzene rings is 1. The Morgan fingerprint density at radius 3 is 1.54 bits per heavy atom. The molecule has 0 saturated carbocycles. The first-order valence-electron chi connectivity index (χ1n) is 10.5. The molecule has 0 N–H and O–H groups in total. The molecule has 0 aliphatic heterocycles. The van der Waals surface area contributed by atoms with Crippen LogP contribution in [-0.2, 0) is 6.54 Å². The molecule has 1 aromatic rings. The molecular weight excluding hydrogens is 349 g/mol. The second kappa shape index (κ2) is 18.8. The topological polar surface area (TPSA) is 0 Å². The van der Waals surface area contributed by atoms with Crippen molar-refractivity contribution in [2.45, 2.75) is 90.5 Å². The largest absolute Gasteiger partial charge is 1.00 e. The summed E-state index contributed by atoms with van der Waals surface area (Å²) in [7, 11) is 4.73. The Hall–Kier alpha value is 0.470. The van der Waals surface area contributed by atoms with E-state index in [1.54, 1.807) is 0 Å². The van der Waals surface area contributed by atoms with Crippen LogP contribution in [0.3, 0.4) is 0 Å². The van der Waals surface area contributed by atoms with Crippen molar-refractivity contribution < 1.29 is 34.0 Å². The zero-order chi connectivity index (χ0) is 17.5. The average molecular weight is 392 g/mol. The summed E-state index contributed by atoms with van der Waals surface area (Å²) < 4.78 is 1.11. The molecule has 3 heteroatoms. The van der Waals surface area contributed by atoms with E-state index in [4.69, 9.17) is 0 Å². The predicted molar refractivity (Wildman–Crippen MR) is 115 cm³/mol. The predicted octanol–water partition coefficient (Wildman–Crippen LogP) is 4.39. The Labute approximate surface area is 192 Å². The zero-order valence-electron chi connectivity index (χ0n) is 18.1. The molecule has 0 aromatic heterocycles. The summed E-state index contributed by atoms with van der Waals surface area (Å²) in [5, 5.41) is 0. The molecule has 146 valence electrons. The van der Waals surface area contributed by atoms with Gasteiger partial charge in [0.25, 0.3) is 0 Å². The summed E-state index contributed by atoms with van der Waals surface area (Å²) in [5.41, 5.74) is 1.46. The molecule has 0 heterocycles. The monoisotopic (exact) mass is 391 g/mol. The maximum Gasteiger partial charge on any atom is 1.00 e. The van der Waals surface area contributed by atoms with Gasteiger partial charge in [-0.25, -0.2) is 0 Å². The zero-order valence-corrected chi connectivity index (χ0v) is 21.0. The minimum Gasteiger partial charge on any atom is -0.325 e. The quantitative estimate of drug-likeness (QED) is 0.236. The van der Waals surface area contributed by atoms with E-state index in [1.165, 1.54) is 89.2 Å². The Morgan fingerprint density at radius 1 is 0.654 bits per heavy atom. The van der Waals surface area contributed by atoms with Crippen molar-refractivity contribution in [1.29, 1.82) is 0 Å². The van der Waals surface area contributed by atoms with Gasteiger partial charge in [0.1, 0.15) is 6.54 Å². The van der Waals surface area contributed by atoms with Crippen molar-refractivity contribution in [2.24, 2.45) is 0 Å². The molecule has 0 atom stereocenters. The van der Waals surface area contributed by atoms with E-state index in [-0.39, 0.29) is 42.0 Å². The minimum atomic E-state index is 0. The van der Waals surface area contributed by atoms with Crippen molar-refractivity contribution >= 4 is 12.4 Å². The molecule has 0 fully saturated rings. The summed E-state index contributed by atoms with van der Waals surface area (Å²) in [6.45, 7) is 4.74. The van der Waals surface area contributed by atoms with Gasteiger partial charge in [-0.15, -0.1) is 12.4 Å². The Balaban J connectivity index is 0. The number of rotatable bonds is 15. The van der Waals surface area contributed by atoms with Gasteiger partial charge < -0.3 is 4.48 Å². The molecule has 26 heavy (non-hydrogen) atoms. The molecule has 0 amide bonds. The molecule has 0 aliphatic rings. The van der Waals surface area contributed by atoms with Gasteiger partial charge in [0.2, 0.25) is 0 Å². The standard InChI is InChI=1S/C23H42N.ClH.Na/c1-4-5-6-7-8-9-10-11-12-13-14-18-21-24(2,3)22-23-19-16-15-17-20-23;;/h15-17,19-20H,4-14,18,21-22H2,1-3H3;1H;/q+1;;+1. The number of unbranched alkanes of at least 4 members (excludes halogenated alkanes) is 11. The summed E-state index contributed by atoms with van der Waals surface area (Å²) in [6.07, 6.45) is 17.2. The van der Waals surface area contributed by atoms with Crippen LogP contribution in [-0.4, -0.2) is 25.1 Å². The Kier molecular flexibility index (Phi) is 20.8. The van der Waals surface area contributed by atoms with Gasteiger partial charge in [0.05, 0.1) is 20.6 Å². The van der Waals surface area contributed by atoms with Crippen LogP contribution in [0.4, 0.5) is 0 Å². The summed E-state index contributed by atoms with van der Waals surface area (Å²) in [6, 6.07) is 10.9. The van der Waals surface area contributed by atoms with Crippen LogP contribution in [0.25, 0.3) is 0 Å². The maximum absolute atomic E-state index is 2.37. The number of quaternary nitrogens is 1. The van der Waals surface area contributed by atoms with Gasteiger partial charge in [0.15, 0.2) is 0 Å². The van der Waals surface area contributed by atoms with Crippen LogP contribution in [0.1, 0.15) is 89.5 Å². The van der Waals surface area contributed by atoms with E-state index < -0.39 is 0 Å². The van der Waals surface area contributed by atoms with Crippen molar-refractivity contribution in [1.82, 2.24) is 0 Å². The molecule has 0 aliphatic carbocycles. The Bertz CT molecular complexity index is 394. The summed E-state index contributed by atoms with van der Waals surface area (Å²) in [4.78, 5) is 0. The molecule has 0 radical (unpaired) electrons. The molecule has 1 nitrogen and oxygen atoms in total. The van der Waals surface area contributed by atoms with E-state index >= 15 is 0 Å². The third-order valence-corrected chi connectivity index (χ3v) is 5.07. The van der Waals surface area contributed by atoms with Gasteiger partial charge in [-0.2, -0.15) is 0 Å². The van der Waals surface area contributed by atoms with Gasteiger partial charge in [-0.05, 0) is 12.8 Å². The number of hydrogen-bond acceptors (Lipinski definition) is 0. The smallest absolute Gasteiger partial charge is 0.325 e. The molecular formula is C23H43ClNNa+2. The fourth-order valence-corrected chi connectivity index (χ4v) is 3.54. The number of halogens is 1. The molecule has 0 spiro atoms. The van der Waals surface area contributed by atoms with Crippen LogP contribution >= 0.6 is 12.4 Å². The first-order chi connectivity index (χ1) is 11.6. The molecule has 0 unspecified atom stereocenters. The molecule has 0 saturated heterocycles. The normalized spacial score (nSPS) is 10.9. The van der Waals surface area contributed by atoms with Crippen LogP contribution in [0.5, 0.6) is 0 Å². The van der Waals surface area contributed by atoms with E-state index in [2.05, 4.69) is 51.4 Å². The van der Waals surface area contributed by atoms with Gasteiger partial charge in [-0.3, -0.25) is 0 Å². The number of nitrogens with zero attached hydrogens (tertiary/aromatic N) is 1. The van der Waals surface area contributed by atoms with Crippen LogP contribution in [0.2, 0.25) is 0 Å². The van der Waals surface area contributed by atoms with E-state index in [0.29, 0.717) is 0 Å². The van der Waals surface area contributed by atoms with Crippen LogP contribution in [0.15, 0.2) is 30.3 Å².